The molecule has 6 nitrogen and oxygen atoms in total. The van der Waals surface area contributed by atoms with Crippen molar-refractivity contribution in [3.8, 4) is 0 Å². The average Bonchev–Trinajstić information content (AvgIpc) is 3.36. The molecule has 6 heteroatoms. The summed E-state index contributed by atoms with van der Waals surface area (Å²) in [6, 6.07) is 71.3. The molecule has 0 amide bonds. The highest BCUT2D eigenvalue weighted by molar-refractivity contribution is 5.43. The molecule has 0 saturated carbocycles. The highest BCUT2D eigenvalue weighted by Crippen LogP contribution is 2.51. The van der Waals surface area contributed by atoms with E-state index in [1.54, 1.807) is 0 Å². The van der Waals surface area contributed by atoms with Gasteiger partial charge in [0.15, 0.2) is 11.9 Å². The first-order valence-corrected chi connectivity index (χ1v) is 23.7. The Balaban J connectivity index is 1.20. The summed E-state index contributed by atoms with van der Waals surface area (Å²) in [5.41, 5.74) is 3.35. The van der Waals surface area contributed by atoms with Crippen LogP contribution in [0.2, 0.25) is 0 Å². The zero-order valence-corrected chi connectivity index (χ0v) is 38.3. The molecule has 9 rings (SSSR count). The Bertz CT molecular complexity index is 2870. The highest BCUT2D eigenvalue weighted by atomic mass is 16.6. The Morgan fingerprint density at radius 2 is 0.632 bits per heavy atom. The second-order valence-corrected chi connectivity index (χ2v) is 18.6. The molecule has 344 valence electrons. The minimum absolute atomic E-state index is 0.0351. The summed E-state index contributed by atoms with van der Waals surface area (Å²) in [7, 11) is 0. The summed E-state index contributed by atoms with van der Waals surface area (Å²) in [4.78, 5) is 0. The van der Waals surface area contributed by atoms with Gasteiger partial charge in [0.05, 0.1) is 6.10 Å². The van der Waals surface area contributed by atoms with E-state index in [1.807, 2.05) is 194 Å². The van der Waals surface area contributed by atoms with E-state index in [0.29, 0.717) is 42.4 Å². The quantitative estimate of drug-likeness (QED) is 0.0623. The zero-order chi connectivity index (χ0) is 47.0. The standard InChI is InChI=1S/C62H60O6/c63-57(41-53-33-14-13-29-49(53)37-45-21-5-1-6-22-45)58-60(65,42-54-34-18-15-30-50(54)38-46-23-7-2-8-24-46)62(67,44-56-36-20-17-32-52(56)40-48-27-11-4-12-28-48)61(66,59(64)68-58)43-55-35-19-16-31-51(55)39-47-25-9-3-10-26-47/h1-36,57-59,63-67H,37-44H2/t57?,58-,59?,60+,61+,62+/m1/s1. The third kappa shape index (κ3) is 10.0. The van der Waals surface area contributed by atoms with Gasteiger partial charge in [0.1, 0.15) is 17.3 Å². The van der Waals surface area contributed by atoms with Crippen LogP contribution in [-0.2, 0) is 56.1 Å². The molecular formula is C62H60O6. The van der Waals surface area contributed by atoms with Gasteiger partial charge in [0.2, 0.25) is 0 Å². The first-order chi connectivity index (χ1) is 33.1. The molecule has 1 heterocycles. The van der Waals surface area contributed by atoms with Crippen LogP contribution in [0.25, 0.3) is 0 Å². The van der Waals surface area contributed by atoms with Crippen LogP contribution in [0.5, 0.6) is 0 Å². The molecule has 0 aliphatic carbocycles. The third-order valence-corrected chi connectivity index (χ3v) is 14.2. The van der Waals surface area contributed by atoms with Gasteiger partial charge in [-0.3, -0.25) is 0 Å². The highest BCUT2D eigenvalue weighted by Gasteiger charge is 2.72. The van der Waals surface area contributed by atoms with E-state index in [9.17, 15) is 25.5 Å². The Hall–Kier alpha value is -6.48. The Labute approximate surface area is 400 Å². The summed E-state index contributed by atoms with van der Waals surface area (Å²) in [5.74, 6) is 0. The zero-order valence-electron chi connectivity index (χ0n) is 38.3. The predicted molar refractivity (Wildman–Crippen MR) is 269 cm³/mol. The maximum Gasteiger partial charge on any atom is 0.187 e. The summed E-state index contributed by atoms with van der Waals surface area (Å²) in [5, 5.41) is 67.6. The van der Waals surface area contributed by atoms with Gasteiger partial charge in [-0.1, -0.05) is 218 Å². The first-order valence-electron chi connectivity index (χ1n) is 23.7. The summed E-state index contributed by atoms with van der Waals surface area (Å²) in [6.07, 6.45) is -3.62. The summed E-state index contributed by atoms with van der Waals surface area (Å²) >= 11 is 0. The molecule has 0 bridgehead atoms. The molecule has 1 fully saturated rings. The Kier molecular flexibility index (Phi) is 14.3. The van der Waals surface area contributed by atoms with E-state index < -0.39 is 35.3 Å². The van der Waals surface area contributed by atoms with Crippen molar-refractivity contribution in [2.75, 3.05) is 0 Å². The summed E-state index contributed by atoms with van der Waals surface area (Å²) < 4.78 is 6.58. The number of hydrogen-bond acceptors (Lipinski definition) is 6. The smallest absolute Gasteiger partial charge is 0.187 e. The topological polar surface area (TPSA) is 110 Å². The summed E-state index contributed by atoms with van der Waals surface area (Å²) in [6.45, 7) is 0. The number of hydrogen-bond donors (Lipinski definition) is 5. The van der Waals surface area contributed by atoms with Crippen LogP contribution >= 0.6 is 0 Å². The van der Waals surface area contributed by atoms with E-state index in [2.05, 4.69) is 24.3 Å². The molecule has 1 aliphatic rings. The van der Waals surface area contributed by atoms with Crippen LogP contribution in [0.3, 0.4) is 0 Å². The van der Waals surface area contributed by atoms with Crippen LogP contribution in [0, 0.1) is 0 Å². The van der Waals surface area contributed by atoms with Gasteiger partial charge in [-0.05, 0) is 92.4 Å². The lowest BCUT2D eigenvalue weighted by molar-refractivity contribution is -0.401. The molecule has 5 N–H and O–H groups in total. The van der Waals surface area contributed by atoms with Gasteiger partial charge in [0, 0.05) is 25.7 Å². The van der Waals surface area contributed by atoms with Crippen LogP contribution in [-0.4, -0.2) is 60.8 Å². The second-order valence-electron chi connectivity index (χ2n) is 18.6. The van der Waals surface area contributed by atoms with Crippen molar-refractivity contribution in [1.29, 1.82) is 0 Å². The Morgan fingerprint density at radius 1 is 0.353 bits per heavy atom. The lowest BCUT2D eigenvalue weighted by Gasteiger charge is -2.61. The lowest BCUT2D eigenvalue weighted by Crippen LogP contribution is -2.83. The fraction of sp³-hybridized carbons (Fsp3) is 0.226. The van der Waals surface area contributed by atoms with Crippen molar-refractivity contribution in [2.24, 2.45) is 0 Å². The Morgan fingerprint density at radius 3 is 1.00 bits per heavy atom. The van der Waals surface area contributed by atoms with Crippen molar-refractivity contribution in [2.45, 2.75) is 86.7 Å². The minimum Gasteiger partial charge on any atom is -0.390 e. The van der Waals surface area contributed by atoms with Crippen molar-refractivity contribution < 1.29 is 30.3 Å². The van der Waals surface area contributed by atoms with E-state index in [-0.39, 0.29) is 25.7 Å². The van der Waals surface area contributed by atoms with E-state index in [4.69, 9.17) is 4.74 Å². The van der Waals surface area contributed by atoms with Crippen LogP contribution in [0.4, 0.5) is 0 Å². The fourth-order valence-electron chi connectivity index (χ4n) is 10.5. The molecule has 0 spiro atoms. The molecule has 0 radical (unpaired) electrons. The maximum atomic E-state index is 14.3. The maximum absolute atomic E-state index is 14.3. The van der Waals surface area contributed by atoms with Gasteiger partial charge < -0.3 is 30.3 Å². The van der Waals surface area contributed by atoms with Crippen molar-refractivity contribution in [3.05, 3.63) is 285 Å². The SMILES string of the molecule is OC(Cc1ccccc1Cc1ccccc1)[C@H]1OC(O)[C@@](O)(Cc2ccccc2Cc2ccccc2)[C@](O)(Cc2ccccc2Cc2ccccc2)[C@]1(O)Cc1ccccc1Cc1ccccc1. The molecule has 1 saturated heterocycles. The van der Waals surface area contributed by atoms with E-state index in [1.165, 1.54) is 0 Å². The monoisotopic (exact) mass is 900 g/mol. The number of aliphatic hydroxyl groups excluding tert-OH is 2. The van der Waals surface area contributed by atoms with Gasteiger partial charge in [-0.2, -0.15) is 0 Å². The molecule has 1 aliphatic heterocycles. The molecule has 0 aromatic heterocycles. The van der Waals surface area contributed by atoms with Crippen LogP contribution in [0.1, 0.15) is 66.8 Å². The van der Waals surface area contributed by atoms with E-state index in [0.717, 1.165) is 50.1 Å². The predicted octanol–water partition coefficient (Wildman–Crippen LogP) is 9.59. The molecule has 68 heavy (non-hydrogen) atoms. The molecule has 2 unspecified atom stereocenters. The van der Waals surface area contributed by atoms with Gasteiger partial charge in [-0.15, -0.1) is 0 Å². The molecule has 6 atom stereocenters. The normalized spacial score (nSPS) is 21.8. The first kappa shape index (κ1) is 46.6. The molecular weight excluding hydrogens is 841 g/mol. The van der Waals surface area contributed by atoms with E-state index >= 15 is 0 Å². The average molecular weight is 901 g/mol. The molecule has 8 aromatic rings. The van der Waals surface area contributed by atoms with Gasteiger partial charge in [-0.25, -0.2) is 0 Å². The number of rotatable bonds is 17. The lowest BCUT2D eigenvalue weighted by atomic mass is 9.58. The third-order valence-electron chi connectivity index (χ3n) is 14.2. The van der Waals surface area contributed by atoms with Crippen LogP contribution < -0.4 is 0 Å². The second kappa shape index (κ2) is 20.8. The number of ether oxygens (including phenoxy) is 1. The van der Waals surface area contributed by atoms with Gasteiger partial charge in [0.25, 0.3) is 0 Å². The fourth-order valence-corrected chi connectivity index (χ4v) is 10.5. The van der Waals surface area contributed by atoms with Gasteiger partial charge >= 0.3 is 0 Å². The van der Waals surface area contributed by atoms with Crippen molar-refractivity contribution >= 4 is 0 Å². The number of benzene rings is 8. The largest absolute Gasteiger partial charge is 0.390 e. The van der Waals surface area contributed by atoms with Crippen molar-refractivity contribution in [1.82, 2.24) is 0 Å². The van der Waals surface area contributed by atoms with Crippen LogP contribution in [0.15, 0.2) is 218 Å². The molecule has 8 aromatic carbocycles. The number of aliphatic hydroxyl groups is 5. The van der Waals surface area contributed by atoms with Crippen molar-refractivity contribution in [3.63, 3.8) is 0 Å². The minimum atomic E-state index is -2.56.